The molecule has 4 heteroatoms. The molecule has 0 amide bonds. The zero-order valence-electron chi connectivity index (χ0n) is 15.2. The molecule has 0 radical (unpaired) electrons. The van der Waals surface area contributed by atoms with Crippen LogP contribution in [-0.4, -0.2) is 18.5 Å². The number of benzene rings is 2. The molecule has 2 aromatic rings. The van der Waals surface area contributed by atoms with Gasteiger partial charge in [-0.3, -0.25) is 9.59 Å². The van der Waals surface area contributed by atoms with E-state index in [1.807, 2.05) is 80.6 Å². The van der Waals surface area contributed by atoms with Crippen LogP contribution in [0.2, 0.25) is 0 Å². The van der Waals surface area contributed by atoms with Gasteiger partial charge in [-0.2, -0.15) is 0 Å². The van der Waals surface area contributed by atoms with E-state index in [0.717, 1.165) is 16.7 Å². The highest BCUT2D eigenvalue weighted by Gasteiger charge is 2.19. The lowest BCUT2D eigenvalue weighted by atomic mass is 10.0. The summed E-state index contributed by atoms with van der Waals surface area (Å²) in [6.07, 6.45) is 1.32. The highest BCUT2D eigenvalue weighted by Crippen LogP contribution is 2.26. The number of rotatable bonds is 8. The average Bonchev–Trinajstić information content (AvgIpc) is 2.65. The molecule has 0 unspecified atom stereocenters. The van der Waals surface area contributed by atoms with Gasteiger partial charge in [0.1, 0.15) is 6.61 Å². The van der Waals surface area contributed by atoms with Crippen LogP contribution in [0, 0.1) is 0 Å². The Bertz CT molecular complexity index is 692. The first kappa shape index (κ1) is 19.4. The summed E-state index contributed by atoms with van der Waals surface area (Å²) in [4.78, 5) is 23.9. The highest BCUT2D eigenvalue weighted by atomic mass is 16.5. The second kappa shape index (κ2) is 10.2. The first-order valence-electron chi connectivity index (χ1n) is 8.64. The Balaban J connectivity index is 1.95. The molecule has 136 valence electrons. The first-order chi connectivity index (χ1) is 12.6. The molecule has 0 heterocycles. The van der Waals surface area contributed by atoms with Gasteiger partial charge in [0.15, 0.2) is 6.10 Å². The maximum absolute atomic E-state index is 12.2. The zero-order valence-corrected chi connectivity index (χ0v) is 15.2. The largest absolute Gasteiger partial charge is 0.461 e. The predicted molar refractivity (Wildman–Crippen MR) is 100 cm³/mol. The first-order valence-corrected chi connectivity index (χ1v) is 8.64. The van der Waals surface area contributed by atoms with Crippen molar-refractivity contribution in [3.05, 3.63) is 83.4 Å². The van der Waals surface area contributed by atoms with Crippen LogP contribution in [0.25, 0.3) is 0 Å². The molecule has 26 heavy (non-hydrogen) atoms. The quantitative estimate of drug-likeness (QED) is 0.514. The van der Waals surface area contributed by atoms with Gasteiger partial charge >= 0.3 is 11.9 Å². The molecular formula is C22H24O4. The summed E-state index contributed by atoms with van der Waals surface area (Å²) in [6, 6.07) is 19.1. The normalized spacial score (nSPS) is 10.3. The third kappa shape index (κ3) is 6.55. The Hall–Kier alpha value is -2.88. The molecule has 2 rings (SSSR count). The Kier molecular flexibility index (Phi) is 7.62. The van der Waals surface area contributed by atoms with Crippen molar-refractivity contribution in [1.29, 1.82) is 0 Å². The van der Waals surface area contributed by atoms with Gasteiger partial charge in [0.25, 0.3) is 0 Å². The maximum Gasteiger partial charge on any atom is 0.307 e. The fourth-order valence-electron chi connectivity index (χ4n) is 2.35. The van der Waals surface area contributed by atoms with Crippen LogP contribution in [0.5, 0.6) is 0 Å². The van der Waals surface area contributed by atoms with E-state index in [0.29, 0.717) is 0 Å². The lowest BCUT2D eigenvalue weighted by Crippen LogP contribution is -2.15. The summed E-state index contributed by atoms with van der Waals surface area (Å²) >= 11 is 0. The number of esters is 2. The van der Waals surface area contributed by atoms with Crippen molar-refractivity contribution in [2.45, 2.75) is 32.8 Å². The van der Waals surface area contributed by atoms with Gasteiger partial charge in [-0.15, -0.1) is 0 Å². The topological polar surface area (TPSA) is 52.6 Å². The van der Waals surface area contributed by atoms with Gasteiger partial charge in [0, 0.05) is 0 Å². The van der Waals surface area contributed by atoms with Crippen molar-refractivity contribution in [2.24, 2.45) is 0 Å². The van der Waals surface area contributed by atoms with Gasteiger partial charge < -0.3 is 9.47 Å². The van der Waals surface area contributed by atoms with E-state index in [-0.39, 0.29) is 19.4 Å². The summed E-state index contributed by atoms with van der Waals surface area (Å²) in [5.74, 6) is -0.836. The summed E-state index contributed by atoms with van der Waals surface area (Å²) in [7, 11) is 0. The lowest BCUT2D eigenvalue weighted by Gasteiger charge is -2.18. The van der Waals surface area contributed by atoms with Crippen LogP contribution < -0.4 is 0 Å². The number of allylic oxidation sites excluding steroid dienone is 1. The summed E-state index contributed by atoms with van der Waals surface area (Å²) in [5, 5.41) is 0. The Labute approximate surface area is 154 Å². The van der Waals surface area contributed by atoms with Crippen LogP contribution in [0.3, 0.4) is 0 Å². The minimum absolute atomic E-state index is 0.00569. The van der Waals surface area contributed by atoms with Crippen molar-refractivity contribution >= 4 is 11.9 Å². The minimum Gasteiger partial charge on any atom is -0.461 e. The predicted octanol–water partition coefficient (Wildman–Crippen LogP) is 4.61. The number of hydrogen-bond acceptors (Lipinski definition) is 4. The summed E-state index contributed by atoms with van der Waals surface area (Å²) in [6.45, 7) is 4.09. The smallest absolute Gasteiger partial charge is 0.307 e. The molecule has 0 aliphatic rings. The molecular weight excluding hydrogens is 328 g/mol. The second-order valence-corrected chi connectivity index (χ2v) is 6.16. The molecule has 0 atom stereocenters. The van der Waals surface area contributed by atoms with Gasteiger partial charge in [-0.05, 0) is 31.1 Å². The Morgan fingerprint density at radius 1 is 0.846 bits per heavy atom. The molecule has 0 N–H and O–H groups in total. The van der Waals surface area contributed by atoms with Gasteiger partial charge in [0.05, 0.1) is 12.8 Å². The monoisotopic (exact) mass is 352 g/mol. The van der Waals surface area contributed by atoms with Crippen molar-refractivity contribution in [3.8, 4) is 0 Å². The molecule has 0 aromatic heterocycles. The molecule has 0 fully saturated rings. The van der Waals surface area contributed by atoms with Gasteiger partial charge in [0.2, 0.25) is 0 Å². The van der Waals surface area contributed by atoms with Crippen LogP contribution >= 0.6 is 0 Å². The summed E-state index contributed by atoms with van der Waals surface area (Å²) < 4.78 is 10.7. The van der Waals surface area contributed by atoms with E-state index in [4.69, 9.17) is 9.47 Å². The number of ether oxygens (including phenoxy) is 2. The van der Waals surface area contributed by atoms with E-state index in [2.05, 4.69) is 0 Å². The third-order valence-corrected chi connectivity index (χ3v) is 3.72. The number of hydrogen-bond donors (Lipinski definition) is 0. The van der Waals surface area contributed by atoms with E-state index >= 15 is 0 Å². The van der Waals surface area contributed by atoms with Crippen LogP contribution in [0.1, 0.15) is 43.9 Å². The molecule has 0 saturated heterocycles. The molecule has 0 bridgehead atoms. The minimum atomic E-state index is -0.494. The van der Waals surface area contributed by atoms with Gasteiger partial charge in [-0.25, -0.2) is 0 Å². The standard InChI is InChI=1S/C22H24O4/c1-17(2)15-16-25-20(23)13-14-21(24)26-22(18-9-5-3-6-10-18)19-11-7-4-8-12-19/h3-12,15,22H,13-14,16H2,1-2H3. The SMILES string of the molecule is CC(C)=CCOC(=O)CCC(=O)OC(c1ccccc1)c1ccccc1. The fourth-order valence-corrected chi connectivity index (χ4v) is 2.35. The fraction of sp³-hybridized carbons (Fsp3) is 0.273. The maximum atomic E-state index is 12.2. The Morgan fingerprint density at radius 3 is 1.85 bits per heavy atom. The van der Waals surface area contributed by atoms with Crippen LogP contribution in [0.4, 0.5) is 0 Å². The average molecular weight is 352 g/mol. The molecule has 0 spiro atoms. The number of carbonyl (C=O) groups excluding carboxylic acids is 2. The van der Waals surface area contributed by atoms with Gasteiger partial charge in [-0.1, -0.05) is 66.2 Å². The summed E-state index contributed by atoms with van der Waals surface area (Å²) in [5.41, 5.74) is 2.85. The van der Waals surface area contributed by atoms with Crippen molar-refractivity contribution in [1.82, 2.24) is 0 Å². The van der Waals surface area contributed by atoms with E-state index in [1.165, 1.54) is 0 Å². The third-order valence-electron chi connectivity index (χ3n) is 3.72. The lowest BCUT2D eigenvalue weighted by molar-refractivity contribution is -0.152. The van der Waals surface area contributed by atoms with Crippen molar-refractivity contribution < 1.29 is 19.1 Å². The molecule has 0 saturated carbocycles. The van der Waals surface area contributed by atoms with Crippen molar-refractivity contribution in [3.63, 3.8) is 0 Å². The second-order valence-electron chi connectivity index (χ2n) is 6.16. The zero-order chi connectivity index (χ0) is 18.8. The van der Waals surface area contributed by atoms with E-state index in [1.54, 1.807) is 0 Å². The Morgan fingerprint density at radius 2 is 1.35 bits per heavy atom. The van der Waals surface area contributed by atoms with E-state index < -0.39 is 18.0 Å². The van der Waals surface area contributed by atoms with Crippen LogP contribution in [0.15, 0.2) is 72.3 Å². The van der Waals surface area contributed by atoms with Crippen LogP contribution in [-0.2, 0) is 19.1 Å². The number of carbonyl (C=O) groups is 2. The van der Waals surface area contributed by atoms with Crippen molar-refractivity contribution in [2.75, 3.05) is 6.61 Å². The van der Waals surface area contributed by atoms with E-state index in [9.17, 15) is 9.59 Å². The highest BCUT2D eigenvalue weighted by molar-refractivity contribution is 5.78. The molecule has 4 nitrogen and oxygen atoms in total. The molecule has 2 aromatic carbocycles. The molecule has 0 aliphatic heterocycles. The molecule has 0 aliphatic carbocycles.